The van der Waals surface area contributed by atoms with Crippen molar-refractivity contribution < 1.29 is 13.7 Å². The molecule has 0 radical (unpaired) electrons. The molecule has 0 saturated heterocycles. The highest BCUT2D eigenvalue weighted by Crippen LogP contribution is 2.34. The smallest absolute Gasteiger partial charge is 0.257 e. The van der Waals surface area contributed by atoms with E-state index in [4.69, 9.17) is 4.52 Å². The Morgan fingerprint density at radius 1 is 1.18 bits per heavy atom. The van der Waals surface area contributed by atoms with Crippen LogP contribution >= 0.6 is 0 Å². The summed E-state index contributed by atoms with van der Waals surface area (Å²) in [7, 11) is 0. The van der Waals surface area contributed by atoms with Crippen molar-refractivity contribution in [1.82, 2.24) is 30.6 Å². The van der Waals surface area contributed by atoms with Gasteiger partial charge in [-0.05, 0) is 43.9 Å². The summed E-state index contributed by atoms with van der Waals surface area (Å²) in [6, 6.07) is 4.87. The molecule has 8 nitrogen and oxygen atoms in total. The molecule has 1 aliphatic carbocycles. The summed E-state index contributed by atoms with van der Waals surface area (Å²) in [6.07, 6.45) is 10.7. The minimum absolute atomic E-state index is 0.199. The van der Waals surface area contributed by atoms with Gasteiger partial charge in [-0.3, -0.25) is 9.89 Å². The van der Waals surface area contributed by atoms with Crippen LogP contribution < -0.4 is 5.32 Å². The molecule has 1 aromatic carbocycles. The molecule has 1 fully saturated rings. The van der Waals surface area contributed by atoms with Gasteiger partial charge in [-0.25, -0.2) is 9.37 Å². The van der Waals surface area contributed by atoms with Crippen LogP contribution in [0.25, 0.3) is 22.3 Å². The summed E-state index contributed by atoms with van der Waals surface area (Å²) in [6.45, 7) is 1.73. The van der Waals surface area contributed by atoms with Crippen LogP contribution in [0.15, 0.2) is 35.2 Å². The molecule has 172 valence electrons. The minimum atomic E-state index is -0.420. The van der Waals surface area contributed by atoms with Gasteiger partial charge in [0.1, 0.15) is 23.2 Å². The molecular formula is C24H27FN6O2. The molecule has 33 heavy (non-hydrogen) atoms. The van der Waals surface area contributed by atoms with E-state index in [0.29, 0.717) is 33.9 Å². The molecule has 3 heterocycles. The van der Waals surface area contributed by atoms with E-state index >= 15 is 4.39 Å². The van der Waals surface area contributed by atoms with Crippen LogP contribution in [-0.2, 0) is 0 Å². The lowest BCUT2D eigenvalue weighted by atomic mass is 9.85. The Hall–Kier alpha value is -3.49. The number of imidazole rings is 1. The van der Waals surface area contributed by atoms with Crippen LogP contribution in [0.3, 0.4) is 0 Å². The summed E-state index contributed by atoms with van der Waals surface area (Å²) >= 11 is 0. The third kappa shape index (κ3) is 4.27. The van der Waals surface area contributed by atoms with Crippen molar-refractivity contribution in [3.05, 3.63) is 53.6 Å². The normalized spacial score (nSPS) is 16.4. The van der Waals surface area contributed by atoms with Crippen molar-refractivity contribution in [3.63, 3.8) is 0 Å². The van der Waals surface area contributed by atoms with E-state index in [-0.39, 0.29) is 23.4 Å². The molecule has 3 aromatic heterocycles. The van der Waals surface area contributed by atoms with E-state index < -0.39 is 5.82 Å². The molecule has 1 saturated carbocycles. The number of hydrogen-bond donors (Lipinski definition) is 3. The first-order chi connectivity index (χ1) is 16.1. The number of fused-ring (bicyclic) bond motifs is 1. The van der Waals surface area contributed by atoms with Crippen LogP contribution in [0.2, 0.25) is 0 Å². The second-order valence-electron chi connectivity index (χ2n) is 8.79. The molecule has 0 aliphatic heterocycles. The van der Waals surface area contributed by atoms with E-state index in [0.717, 1.165) is 25.7 Å². The maximum absolute atomic E-state index is 15.4. The highest BCUT2D eigenvalue weighted by molar-refractivity contribution is 5.95. The van der Waals surface area contributed by atoms with E-state index in [1.165, 1.54) is 25.5 Å². The second-order valence-corrected chi connectivity index (χ2v) is 8.79. The second kappa shape index (κ2) is 9.17. The molecule has 4 aromatic rings. The van der Waals surface area contributed by atoms with Gasteiger partial charge >= 0.3 is 0 Å². The van der Waals surface area contributed by atoms with Crippen LogP contribution in [0, 0.1) is 18.7 Å². The van der Waals surface area contributed by atoms with Crippen molar-refractivity contribution in [2.75, 3.05) is 0 Å². The highest BCUT2D eigenvalue weighted by atomic mass is 19.1. The zero-order valence-corrected chi connectivity index (χ0v) is 18.5. The fourth-order valence-electron chi connectivity index (χ4n) is 4.78. The number of aromatic nitrogens is 5. The van der Waals surface area contributed by atoms with Gasteiger partial charge in [0.2, 0.25) is 0 Å². The SMILES string of the molecule is Cc1nocc1C(=O)NC(c1nc2c(F)c(-c3ccn[nH]3)ccc2[nH]1)C1CCCCCCC1. The number of halogens is 1. The standard InChI is InChI=1S/C24H27FN6O2/c1-14-17(13-33-31-14)24(32)29-21(15-7-5-3-2-4-6-8-15)23-27-19-10-9-16(18-11-12-26-30-18)20(25)22(19)28-23/h9-13,15,21H,2-8H2,1H3,(H,26,30)(H,27,28)(H,29,32). The lowest BCUT2D eigenvalue weighted by Gasteiger charge is -2.28. The Kier molecular flexibility index (Phi) is 5.93. The summed E-state index contributed by atoms with van der Waals surface area (Å²) in [5.41, 5.74) is 2.77. The Balaban J connectivity index is 1.52. The minimum Gasteiger partial charge on any atom is -0.364 e. The third-order valence-corrected chi connectivity index (χ3v) is 6.60. The molecule has 3 N–H and O–H groups in total. The average Bonchev–Trinajstić information content (AvgIpc) is 3.53. The largest absolute Gasteiger partial charge is 0.364 e. The predicted octanol–water partition coefficient (Wildman–Crippen LogP) is 5.22. The van der Waals surface area contributed by atoms with Crippen molar-refractivity contribution >= 4 is 16.9 Å². The van der Waals surface area contributed by atoms with Gasteiger partial charge < -0.3 is 14.8 Å². The number of aryl methyl sites for hydroxylation is 1. The Morgan fingerprint density at radius 2 is 1.97 bits per heavy atom. The van der Waals surface area contributed by atoms with Crippen molar-refractivity contribution in [2.24, 2.45) is 5.92 Å². The molecule has 1 aliphatic rings. The van der Waals surface area contributed by atoms with E-state index in [2.05, 4.69) is 30.6 Å². The predicted molar refractivity (Wildman–Crippen MR) is 121 cm³/mol. The quantitative estimate of drug-likeness (QED) is 0.386. The fraction of sp³-hybridized carbons (Fsp3) is 0.417. The van der Waals surface area contributed by atoms with E-state index in [1.807, 2.05) is 6.07 Å². The Morgan fingerprint density at radius 3 is 2.67 bits per heavy atom. The van der Waals surface area contributed by atoms with Crippen LogP contribution in [0.1, 0.15) is 72.9 Å². The lowest BCUT2D eigenvalue weighted by molar-refractivity contribution is 0.0911. The van der Waals surface area contributed by atoms with Crippen molar-refractivity contribution in [2.45, 2.75) is 57.9 Å². The topological polar surface area (TPSA) is 112 Å². The van der Waals surface area contributed by atoms with Gasteiger partial charge in [0.05, 0.1) is 22.9 Å². The Bertz CT molecular complexity index is 1240. The number of rotatable bonds is 5. The number of hydrogen-bond acceptors (Lipinski definition) is 5. The van der Waals surface area contributed by atoms with E-state index in [9.17, 15) is 4.79 Å². The van der Waals surface area contributed by atoms with Crippen LogP contribution in [-0.4, -0.2) is 31.2 Å². The molecule has 5 rings (SSSR count). The molecule has 0 spiro atoms. The highest BCUT2D eigenvalue weighted by Gasteiger charge is 2.30. The third-order valence-electron chi connectivity index (χ3n) is 6.60. The lowest BCUT2D eigenvalue weighted by Crippen LogP contribution is -2.35. The number of H-pyrrole nitrogens is 2. The van der Waals surface area contributed by atoms with Crippen LogP contribution in [0.5, 0.6) is 0 Å². The number of nitrogens with zero attached hydrogens (tertiary/aromatic N) is 3. The average molecular weight is 451 g/mol. The fourth-order valence-corrected chi connectivity index (χ4v) is 4.78. The summed E-state index contributed by atoms with van der Waals surface area (Å²) in [5, 5.41) is 13.7. The zero-order chi connectivity index (χ0) is 22.8. The zero-order valence-electron chi connectivity index (χ0n) is 18.5. The number of benzene rings is 1. The van der Waals surface area contributed by atoms with Gasteiger partial charge in [0.25, 0.3) is 5.91 Å². The Labute approximate surface area is 190 Å². The molecule has 1 unspecified atom stereocenters. The summed E-state index contributed by atoms with van der Waals surface area (Å²) < 4.78 is 20.3. The number of aromatic amines is 2. The first-order valence-corrected chi connectivity index (χ1v) is 11.5. The van der Waals surface area contributed by atoms with E-state index in [1.54, 1.807) is 25.3 Å². The van der Waals surface area contributed by atoms with Gasteiger partial charge in [0, 0.05) is 11.8 Å². The van der Waals surface area contributed by atoms with Crippen molar-refractivity contribution in [1.29, 1.82) is 0 Å². The molecule has 9 heteroatoms. The molecule has 1 amide bonds. The van der Waals surface area contributed by atoms with Gasteiger partial charge in [0.15, 0.2) is 5.82 Å². The van der Waals surface area contributed by atoms with Gasteiger partial charge in [-0.1, -0.05) is 37.3 Å². The molecule has 1 atom stereocenters. The summed E-state index contributed by atoms with van der Waals surface area (Å²) in [5.74, 6) is 0.0839. The van der Waals surface area contributed by atoms with Crippen LogP contribution in [0.4, 0.5) is 4.39 Å². The molecule has 0 bridgehead atoms. The van der Waals surface area contributed by atoms with Crippen molar-refractivity contribution in [3.8, 4) is 11.3 Å². The number of nitrogens with one attached hydrogen (secondary N) is 3. The monoisotopic (exact) mass is 450 g/mol. The number of carbonyl (C=O) groups excluding carboxylic acids is 1. The first-order valence-electron chi connectivity index (χ1n) is 11.5. The number of amides is 1. The maximum Gasteiger partial charge on any atom is 0.257 e. The maximum atomic E-state index is 15.4. The summed E-state index contributed by atoms with van der Waals surface area (Å²) in [4.78, 5) is 21.0. The first kappa shape index (κ1) is 21.4. The molecular weight excluding hydrogens is 423 g/mol. The van der Waals surface area contributed by atoms with Gasteiger partial charge in [-0.2, -0.15) is 5.10 Å². The van der Waals surface area contributed by atoms with Gasteiger partial charge in [-0.15, -0.1) is 0 Å². The number of carbonyl (C=O) groups is 1.